The smallest absolute Gasteiger partial charge is 0.410 e. The van der Waals surface area contributed by atoms with Gasteiger partial charge in [0.25, 0.3) is 0 Å². The molecule has 1 aliphatic heterocycles. The third kappa shape index (κ3) is 5.91. The molecule has 10 heteroatoms. The molecule has 0 radical (unpaired) electrons. The molecular weight excluding hydrogens is 492 g/mol. The Labute approximate surface area is 217 Å². The summed E-state index contributed by atoms with van der Waals surface area (Å²) in [4.78, 5) is 23.8. The van der Waals surface area contributed by atoms with Crippen LogP contribution in [0.4, 0.5) is 16.3 Å². The van der Waals surface area contributed by atoms with Crippen LogP contribution in [0.1, 0.15) is 33.4 Å². The highest BCUT2D eigenvalue weighted by Gasteiger charge is 2.37. The molecule has 2 heterocycles. The Bertz CT molecular complexity index is 1340. The summed E-state index contributed by atoms with van der Waals surface area (Å²) in [5, 5.41) is 2.70. The van der Waals surface area contributed by atoms with E-state index in [1.54, 1.807) is 75.4 Å². The Morgan fingerprint density at radius 2 is 1.84 bits per heavy atom. The van der Waals surface area contributed by atoms with Gasteiger partial charge in [-0.2, -0.15) is 0 Å². The highest BCUT2D eigenvalue weighted by atomic mass is 32.2. The predicted octanol–water partition coefficient (Wildman–Crippen LogP) is 4.65. The van der Waals surface area contributed by atoms with Gasteiger partial charge in [0.1, 0.15) is 16.3 Å². The lowest BCUT2D eigenvalue weighted by Gasteiger charge is -2.35. The number of amides is 1. The Balaban J connectivity index is 1.65. The van der Waals surface area contributed by atoms with E-state index in [-0.39, 0.29) is 11.8 Å². The van der Waals surface area contributed by atoms with Crippen molar-refractivity contribution in [1.82, 2.24) is 9.97 Å². The number of para-hydroxylation sites is 1. The van der Waals surface area contributed by atoms with Gasteiger partial charge in [-0.25, -0.2) is 23.2 Å². The molecular formula is C27H32N4O5S. The lowest BCUT2D eigenvalue weighted by atomic mass is 10.1. The van der Waals surface area contributed by atoms with Gasteiger partial charge in [-0.15, -0.1) is 0 Å². The average molecular weight is 525 g/mol. The van der Waals surface area contributed by atoms with E-state index in [0.717, 1.165) is 0 Å². The number of nitrogens with zero attached hydrogens (tertiary/aromatic N) is 3. The fourth-order valence-corrected chi connectivity index (χ4v) is 5.19. The molecule has 2 aromatic carbocycles. The minimum absolute atomic E-state index is 0.00206. The summed E-state index contributed by atoms with van der Waals surface area (Å²) in [6.45, 7) is 8.80. The number of hydrogen-bond donors (Lipinski definition) is 1. The lowest BCUT2D eigenvalue weighted by molar-refractivity contribution is 0.0985. The van der Waals surface area contributed by atoms with Gasteiger partial charge in [0, 0.05) is 29.6 Å². The molecule has 3 aromatic rings. The molecule has 0 saturated carbocycles. The lowest BCUT2D eigenvalue weighted by Crippen LogP contribution is -2.44. The van der Waals surface area contributed by atoms with E-state index in [9.17, 15) is 13.2 Å². The highest BCUT2D eigenvalue weighted by Crippen LogP contribution is 2.33. The van der Waals surface area contributed by atoms with Crippen LogP contribution in [-0.2, 0) is 19.3 Å². The number of ether oxygens (including phenoxy) is 2. The van der Waals surface area contributed by atoms with Crippen LogP contribution in [0, 0.1) is 0 Å². The molecule has 1 aliphatic rings. The second kappa shape index (κ2) is 10.9. The first-order valence-corrected chi connectivity index (χ1v) is 13.9. The molecule has 1 atom stereocenters. The first-order valence-electron chi connectivity index (χ1n) is 12.2. The zero-order valence-corrected chi connectivity index (χ0v) is 22.3. The van der Waals surface area contributed by atoms with Gasteiger partial charge >= 0.3 is 6.09 Å². The van der Waals surface area contributed by atoms with Crippen LogP contribution in [0.15, 0.2) is 60.7 Å². The van der Waals surface area contributed by atoms with Crippen LogP contribution in [0.25, 0.3) is 11.4 Å². The zero-order chi connectivity index (χ0) is 26.6. The summed E-state index contributed by atoms with van der Waals surface area (Å²) in [5.74, 6) is 1.51. The molecule has 196 valence electrons. The van der Waals surface area contributed by atoms with Gasteiger partial charge < -0.3 is 14.4 Å². The van der Waals surface area contributed by atoms with E-state index in [1.807, 2.05) is 13.0 Å². The maximum absolute atomic E-state index is 13.0. The molecule has 1 N–H and O–H groups in total. The number of carbonyl (C=O) groups excluding carboxylic acids is 1. The number of aromatic nitrogens is 2. The zero-order valence-electron chi connectivity index (χ0n) is 21.5. The largest absolute Gasteiger partial charge is 0.417 e. The van der Waals surface area contributed by atoms with Crippen molar-refractivity contribution >= 4 is 27.4 Å². The van der Waals surface area contributed by atoms with E-state index >= 15 is 0 Å². The van der Waals surface area contributed by atoms with Gasteiger partial charge in [0.05, 0.1) is 24.9 Å². The van der Waals surface area contributed by atoms with E-state index in [0.29, 0.717) is 54.1 Å². The summed E-state index contributed by atoms with van der Waals surface area (Å²) in [7, 11) is -3.45. The van der Waals surface area contributed by atoms with E-state index < -0.39 is 20.7 Å². The molecule has 4 rings (SSSR count). The highest BCUT2D eigenvalue weighted by molar-refractivity contribution is 7.92. The van der Waals surface area contributed by atoms with Gasteiger partial charge in [0.2, 0.25) is 0 Å². The normalized spacial score (nSPS) is 16.3. The van der Waals surface area contributed by atoms with Crippen molar-refractivity contribution in [2.45, 2.75) is 38.5 Å². The maximum atomic E-state index is 13.0. The predicted molar refractivity (Wildman–Crippen MR) is 144 cm³/mol. The summed E-state index contributed by atoms with van der Waals surface area (Å²) in [6, 6.07) is 17.7. The van der Waals surface area contributed by atoms with E-state index in [4.69, 9.17) is 19.4 Å². The number of anilines is 2. The third-order valence-electron chi connectivity index (χ3n) is 6.49. The van der Waals surface area contributed by atoms with Crippen LogP contribution < -0.4 is 15.0 Å². The summed E-state index contributed by atoms with van der Waals surface area (Å²) in [5.41, 5.74) is 1.66. The fraction of sp³-hybridized carbons (Fsp3) is 0.370. The molecule has 1 aromatic heterocycles. The molecule has 0 aliphatic carbocycles. The van der Waals surface area contributed by atoms with Crippen molar-refractivity contribution in [2.75, 3.05) is 35.7 Å². The Hall–Kier alpha value is -3.50. The van der Waals surface area contributed by atoms with Gasteiger partial charge in [0.15, 0.2) is 15.7 Å². The van der Waals surface area contributed by atoms with Gasteiger partial charge in [-0.05, 0) is 57.2 Å². The number of benzene rings is 2. The monoisotopic (exact) mass is 524 g/mol. The average Bonchev–Trinajstić information content (AvgIpc) is 2.89. The van der Waals surface area contributed by atoms with Crippen LogP contribution >= 0.6 is 0 Å². The molecule has 1 fully saturated rings. The number of nitrogens with one attached hydrogen (secondary N) is 1. The van der Waals surface area contributed by atoms with Crippen molar-refractivity contribution in [1.29, 1.82) is 0 Å². The minimum Gasteiger partial charge on any atom is -0.410 e. The molecule has 0 spiro atoms. The van der Waals surface area contributed by atoms with Crippen molar-refractivity contribution in [2.24, 2.45) is 0 Å². The van der Waals surface area contributed by atoms with Gasteiger partial charge in [-0.1, -0.05) is 25.1 Å². The van der Waals surface area contributed by atoms with E-state index in [2.05, 4.69) is 10.2 Å². The molecule has 0 bridgehead atoms. The number of hydrogen-bond acceptors (Lipinski definition) is 8. The van der Waals surface area contributed by atoms with Crippen LogP contribution in [0.2, 0.25) is 0 Å². The molecule has 37 heavy (non-hydrogen) atoms. The molecule has 1 saturated heterocycles. The summed E-state index contributed by atoms with van der Waals surface area (Å²) < 4.78 is 35.6. The number of morpholine rings is 1. The van der Waals surface area contributed by atoms with Crippen LogP contribution in [0.3, 0.4) is 0 Å². The van der Waals surface area contributed by atoms with Crippen molar-refractivity contribution in [3.63, 3.8) is 0 Å². The fourth-order valence-electron chi connectivity index (χ4n) is 4.05. The molecule has 0 unspecified atom stereocenters. The number of carbonyl (C=O) groups is 1. The third-order valence-corrected chi connectivity index (χ3v) is 9.02. The second-order valence-electron chi connectivity index (χ2n) is 9.37. The Kier molecular flexibility index (Phi) is 7.79. The maximum Gasteiger partial charge on any atom is 0.417 e. The number of rotatable bonds is 7. The quantitative estimate of drug-likeness (QED) is 0.476. The second-order valence-corrected chi connectivity index (χ2v) is 12.2. The van der Waals surface area contributed by atoms with E-state index in [1.165, 1.54) is 0 Å². The summed E-state index contributed by atoms with van der Waals surface area (Å²) in [6.07, 6.45) is -0.604. The SMILES string of the molecule is CCS(=O)(=O)C(C)(C)c1cc(N2CCOC[C@@H]2C)nc(-c2ccc(NC(=O)Oc3ccccc3)cc2)n1. The standard InChI is InChI=1S/C27H32N4O5S/c1-5-37(33,34)27(3,4)23-17-24(31-15-16-35-18-19(31)2)30-25(29-23)20-11-13-21(14-12-20)28-26(32)36-22-9-7-6-8-10-22/h6-14,17,19H,5,15-16,18H2,1-4H3,(H,28,32)/t19-/m0/s1. The van der Waals surface area contributed by atoms with Crippen LogP contribution in [0.5, 0.6) is 5.75 Å². The summed E-state index contributed by atoms with van der Waals surface area (Å²) >= 11 is 0. The molecule has 1 amide bonds. The topological polar surface area (TPSA) is 111 Å². The first kappa shape index (κ1) is 26.6. The van der Waals surface area contributed by atoms with Crippen molar-refractivity contribution < 1.29 is 22.7 Å². The Morgan fingerprint density at radius 3 is 2.49 bits per heavy atom. The number of sulfone groups is 1. The Morgan fingerprint density at radius 1 is 1.14 bits per heavy atom. The van der Waals surface area contributed by atoms with Crippen molar-refractivity contribution in [3.05, 3.63) is 66.4 Å². The first-order chi connectivity index (χ1) is 17.6. The minimum atomic E-state index is -3.45. The van der Waals surface area contributed by atoms with Crippen LogP contribution in [-0.4, -0.2) is 56.0 Å². The molecule has 9 nitrogen and oxygen atoms in total. The van der Waals surface area contributed by atoms with Crippen molar-refractivity contribution in [3.8, 4) is 17.1 Å². The van der Waals surface area contributed by atoms with Gasteiger partial charge in [-0.3, -0.25) is 5.32 Å².